The second-order valence-corrected chi connectivity index (χ2v) is 3.82. The summed E-state index contributed by atoms with van der Waals surface area (Å²) in [4.78, 5) is 0. The van der Waals surface area contributed by atoms with Crippen molar-refractivity contribution in [2.75, 3.05) is 12.4 Å². The van der Waals surface area contributed by atoms with Crippen LogP contribution in [-0.2, 0) is 0 Å². The maximum atomic E-state index is 4.23. The summed E-state index contributed by atoms with van der Waals surface area (Å²) in [6.45, 7) is 0. The third kappa shape index (κ3) is 1.80. The standard InChI is InChI=1S/C10H10BrN3/c1-12-9-6-13-14(7-9)10-4-2-3-8(11)5-10/h2-7,12H,1H3. The van der Waals surface area contributed by atoms with Crippen LogP contribution in [0.4, 0.5) is 5.69 Å². The molecule has 0 saturated heterocycles. The molecule has 0 saturated carbocycles. The Morgan fingerprint density at radius 2 is 2.29 bits per heavy atom. The minimum atomic E-state index is 1.00. The van der Waals surface area contributed by atoms with E-state index in [2.05, 4.69) is 26.3 Å². The Morgan fingerprint density at radius 1 is 1.43 bits per heavy atom. The molecule has 2 rings (SSSR count). The Bertz CT molecular complexity index is 436. The molecule has 3 nitrogen and oxygen atoms in total. The molecule has 0 aliphatic heterocycles. The molecule has 72 valence electrons. The van der Waals surface area contributed by atoms with Crippen molar-refractivity contribution in [3.63, 3.8) is 0 Å². The van der Waals surface area contributed by atoms with Gasteiger partial charge in [0.2, 0.25) is 0 Å². The molecule has 0 bridgehead atoms. The highest BCUT2D eigenvalue weighted by molar-refractivity contribution is 9.10. The summed E-state index contributed by atoms with van der Waals surface area (Å²) < 4.78 is 2.88. The Labute approximate surface area is 90.9 Å². The van der Waals surface area contributed by atoms with Crippen molar-refractivity contribution >= 4 is 21.6 Å². The summed E-state index contributed by atoms with van der Waals surface area (Å²) in [5, 5.41) is 7.27. The zero-order valence-corrected chi connectivity index (χ0v) is 9.32. The van der Waals surface area contributed by atoms with Crippen LogP contribution >= 0.6 is 15.9 Å². The van der Waals surface area contributed by atoms with Crippen LogP contribution in [-0.4, -0.2) is 16.8 Å². The van der Waals surface area contributed by atoms with Crippen molar-refractivity contribution in [2.45, 2.75) is 0 Å². The quantitative estimate of drug-likeness (QED) is 0.890. The maximum absolute atomic E-state index is 4.23. The molecule has 1 N–H and O–H groups in total. The van der Waals surface area contributed by atoms with Crippen molar-refractivity contribution in [3.8, 4) is 5.69 Å². The summed E-state index contributed by atoms with van der Waals surface area (Å²) in [7, 11) is 1.88. The lowest BCUT2D eigenvalue weighted by Gasteiger charge is -2.00. The molecule has 0 unspecified atom stereocenters. The highest BCUT2D eigenvalue weighted by Gasteiger charge is 1.99. The van der Waals surface area contributed by atoms with Crippen LogP contribution in [0.3, 0.4) is 0 Å². The fourth-order valence-electron chi connectivity index (χ4n) is 1.21. The highest BCUT2D eigenvalue weighted by atomic mass is 79.9. The van der Waals surface area contributed by atoms with Gasteiger partial charge in [0.1, 0.15) is 0 Å². The van der Waals surface area contributed by atoms with Crippen LogP contribution in [0.1, 0.15) is 0 Å². The zero-order valence-electron chi connectivity index (χ0n) is 7.74. The van der Waals surface area contributed by atoms with Crippen LogP contribution in [0, 0.1) is 0 Å². The minimum absolute atomic E-state index is 1.00. The van der Waals surface area contributed by atoms with Gasteiger partial charge >= 0.3 is 0 Å². The van der Waals surface area contributed by atoms with Crippen LogP contribution in [0.2, 0.25) is 0 Å². The van der Waals surface area contributed by atoms with Gasteiger partial charge in [-0.3, -0.25) is 0 Å². The van der Waals surface area contributed by atoms with Gasteiger partial charge < -0.3 is 5.32 Å². The summed E-state index contributed by atoms with van der Waals surface area (Å²) in [5.41, 5.74) is 2.05. The molecule has 0 atom stereocenters. The van der Waals surface area contributed by atoms with Gasteiger partial charge in [0, 0.05) is 11.5 Å². The third-order valence-electron chi connectivity index (χ3n) is 1.94. The van der Waals surface area contributed by atoms with Crippen molar-refractivity contribution in [2.24, 2.45) is 0 Å². The number of halogens is 1. The van der Waals surface area contributed by atoms with Gasteiger partial charge in [-0.2, -0.15) is 5.10 Å². The molecule has 1 aromatic heterocycles. The number of hydrogen-bond acceptors (Lipinski definition) is 2. The lowest BCUT2D eigenvalue weighted by atomic mass is 10.3. The van der Waals surface area contributed by atoms with Gasteiger partial charge in [-0.25, -0.2) is 4.68 Å². The molecule has 0 aliphatic carbocycles. The summed E-state index contributed by atoms with van der Waals surface area (Å²) >= 11 is 3.43. The second kappa shape index (κ2) is 3.84. The molecular weight excluding hydrogens is 242 g/mol. The second-order valence-electron chi connectivity index (χ2n) is 2.90. The number of aromatic nitrogens is 2. The van der Waals surface area contributed by atoms with E-state index in [9.17, 15) is 0 Å². The Hall–Kier alpha value is -1.29. The van der Waals surface area contributed by atoms with Crippen molar-refractivity contribution < 1.29 is 0 Å². The van der Waals surface area contributed by atoms with Crippen LogP contribution < -0.4 is 5.32 Å². The first-order valence-corrected chi connectivity index (χ1v) is 5.07. The van der Waals surface area contributed by atoms with E-state index in [1.807, 2.05) is 42.2 Å². The number of nitrogens with zero attached hydrogens (tertiary/aromatic N) is 2. The summed E-state index contributed by atoms with van der Waals surface area (Å²) in [6.07, 6.45) is 3.74. The highest BCUT2D eigenvalue weighted by Crippen LogP contribution is 2.16. The molecule has 1 heterocycles. The van der Waals surface area contributed by atoms with Gasteiger partial charge in [0.25, 0.3) is 0 Å². The molecule has 14 heavy (non-hydrogen) atoms. The smallest absolute Gasteiger partial charge is 0.0728 e. The van der Waals surface area contributed by atoms with E-state index in [1.54, 1.807) is 6.20 Å². The molecule has 0 radical (unpaired) electrons. The van der Waals surface area contributed by atoms with Crippen molar-refractivity contribution in [1.29, 1.82) is 0 Å². The molecule has 1 aromatic carbocycles. The Balaban J connectivity index is 2.39. The minimum Gasteiger partial charge on any atom is -0.386 e. The number of hydrogen-bond donors (Lipinski definition) is 1. The van der Waals surface area contributed by atoms with E-state index in [-0.39, 0.29) is 0 Å². The third-order valence-corrected chi connectivity index (χ3v) is 2.44. The van der Waals surface area contributed by atoms with Gasteiger partial charge in [-0.15, -0.1) is 0 Å². The number of rotatable bonds is 2. The molecule has 0 amide bonds. The normalized spacial score (nSPS) is 10.1. The molecule has 2 aromatic rings. The number of nitrogens with one attached hydrogen (secondary N) is 1. The van der Waals surface area contributed by atoms with E-state index >= 15 is 0 Å². The zero-order chi connectivity index (χ0) is 9.97. The van der Waals surface area contributed by atoms with Gasteiger partial charge in [-0.05, 0) is 18.2 Å². The predicted octanol–water partition coefficient (Wildman–Crippen LogP) is 2.68. The fourth-order valence-corrected chi connectivity index (χ4v) is 1.60. The Kier molecular flexibility index (Phi) is 2.54. The van der Waals surface area contributed by atoms with Crippen molar-refractivity contribution in [1.82, 2.24) is 9.78 Å². The monoisotopic (exact) mass is 251 g/mol. The molecule has 0 spiro atoms. The van der Waals surface area contributed by atoms with Gasteiger partial charge in [-0.1, -0.05) is 22.0 Å². The summed E-state index contributed by atoms with van der Waals surface area (Å²) in [6, 6.07) is 8.01. The van der Waals surface area contributed by atoms with E-state index in [4.69, 9.17) is 0 Å². The number of anilines is 1. The first-order valence-electron chi connectivity index (χ1n) is 4.28. The lowest BCUT2D eigenvalue weighted by Crippen LogP contribution is -1.93. The Morgan fingerprint density at radius 3 is 2.93 bits per heavy atom. The van der Waals surface area contributed by atoms with E-state index < -0.39 is 0 Å². The number of benzene rings is 1. The lowest BCUT2D eigenvalue weighted by molar-refractivity contribution is 0.880. The van der Waals surface area contributed by atoms with E-state index in [0.29, 0.717) is 0 Å². The SMILES string of the molecule is CNc1cnn(-c2cccc(Br)c2)c1. The molecule has 0 aliphatic rings. The maximum Gasteiger partial charge on any atom is 0.0728 e. The average Bonchev–Trinajstić information content (AvgIpc) is 2.66. The largest absolute Gasteiger partial charge is 0.386 e. The van der Waals surface area contributed by atoms with Gasteiger partial charge in [0.15, 0.2) is 0 Å². The fraction of sp³-hybridized carbons (Fsp3) is 0.100. The first-order chi connectivity index (χ1) is 6.79. The van der Waals surface area contributed by atoms with E-state index in [1.165, 1.54) is 0 Å². The topological polar surface area (TPSA) is 29.9 Å². The van der Waals surface area contributed by atoms with Crippen LogP contribution in [0.15, 0.2) is 41.1 Å². The molecule has 4 heteroatoms. The molecular formula is C10H10BrN3. The van der Waals surface area contributed by atoms with E-state index in [0.717, 1.165) is 15.8 Å². The first kappa shape index (κ1) is 9.27. The predicted molar refractivity (Wildman–Crippen MR) is 60.8 cm³/mol. The van der Waals surface area contributed by atoms with Crippen LogP contribution in [0.25, 0.3) is 5.69 Å². The van der Waals surface area contributed by atoms with Crippen molar-refractivity contribution in [3.05, 3.63) is 41.1 Å². The van der Waals surface area contributed by atoms with Gasteiger partial charge in [0.05, 0.1) is 23.8 Å². The molecule has 0 fully saturated rings. The average molecular weight is 252 g/mol. The summed E-state index contributed by atoms with van der Waals surface area (Å²) in [5.74, 6) is 0. The van der Waals surface area contributed by atoms with Crippen LogP contribution in [0.5, 0.6) is 0 Å².